The molecular weight excluding hydrogens is 458 g/mol. The summed E-state index contributed by atoms with van der Waals surface area (Å²) in [5.74, 6) is -0.393. The van der Waals surface area contributed by atoms with E-state index >= 15 is 0 Å². The second kappa shape index (κ2) is 10.3. The van der Waals surface area contributed by atoms with Gasteiger partial charge in [-0.2, -0.15) is 0 Å². The van der Waals surface area contributed by atoms with Crippen LogP contribution in [0.3, 0.4) is 0 Å². The van der Waals surface area contributed by atoms with Crippen LogP contribution in [-0.4, -0.2) is 69.4 Å². The van der Waals surface area contributed by atoms with Crippen molar-refractivity contribution in [3.05, 3.63) is 53.6 Å². The number of hydrogen-bond donors (Lipinski definition) is 0. The molecule has 33 heavy (non-hydrogen) atoms. The molecule has 0 spiro atoms. The topological polar surface area (TPSA) is 79.8 Å². The standard InChI is InChI=1S/C24H29N3O4S2/c1-3-33(29,30)21-11-5-4-9-19(21)23(28)27(13-7-12-26-14-16-31-17-15-26)24-25-22-18(2)8-6-10-20(22)32-24/h4-6,8-11H,3,7,12-17H2,1-2H3. The van der Waals surface area contributed by atoms with Crippen molar-refractivity contribution >= 4 is 42.4 Å². The van der Waals surface area contributed by atoms with Crippen LogP contribution in [0.2, 0.25) is 0 Å². The van der Waals surface area contributed by atoms with E-state index in [1.54, 1.807) is 30.0 Å². The molecule has 176 valence electrons. The Bertz CT molecular complexity index is 1230. The fourth-order valence-electron chi connectivity index (χ4n) is 3.97. The van der Waals surface area contributed by atoms with Gasteiger partial charge in [0, 0.05) is 26.2 Å². The minimum absolute atomic E-state index is 0.0609. The highest BCUT2D eigenvalue weighted by Crippen LogP contribution is 2.32. The first-order valence-electron chi connectivity index (χ1n) is 11.2. The van der Waals surface area contributed by atoms with Gasteiger partial charge in [-0.1, -0.05) is 42.5 Å². The third-order valence-electron chi connectivity index (χ3n) is 5.88. The van der Waals surface area contributed by atoms with Crippen molar-refractivity contribution in [1.82, 2.24) is 9.88 Å². The van der Waals surface area contributed by atoms with Crippen molar-refractivity contribution in [2.24, 2.45) is 0 Å². The molecule has 0 radical (unpaired) electrons. The number of para-hydroxylation sites is 1. The number of hydrogen-bond acceptors (Lipinski definition) is 7. The average molecular weight is 488 g/mol. The lowest BCUT2D eigenvalue weighted by Crippen LogP contribution is -2.39. The lowest BCUT2D eigenvalue weighted by molar-refractivity contribution is 0.0376. The number of carbonyl (C=O) groups is 1. The van der Waals surface area contributed by atoms with Gasteiger partial charge >= 0.3 is 0 Å². The Kier molecular flexibility index (Phi) is 7.43. The van der Waals surface area contributed by atoms with Gasteiger partial charge in [-0.15, -0.1) is 0 Å². The third kappa shape index (κ3) is 5.27. The maximum Gasteiger partial charge on any atom is 0.261 e. The summed E-state index contributed by atoms with van der Waals surface area (Å²) in [6, 6.07) is 12.4. The second-order valence-corrected chi connectivity index (χ2v) is 11.3. The van der Waals surface area contributed by atoms with Gasteiger partial charge in [-0.3, -0.25) is 14.6 Å². The van der Waals surface area contributed by atoms with Crippen LogP contribution in [0.1, 0.15) is 29.3 Å². The lowest BCUT2D eigenvalue weighted by atomic mass is 10.2. The number of rotatable bonds is 8. The van der Waals surface area contributed by atoms with E-state index < -0.39 is 9.84 Å². The van der Waals surface area contributed by atoms with Crippen LogP contribution in [-0.2, 0) is 14.6 Å². The van der Waals surface area contributed by atoms with Crippen LogP contribution < -0.4 is 4.90 Å². The van der Waals surface area contributed by atoms with Crippen molar-refractivity contribution in [2.45, 2.75) is 25.2 Å². The van der Waals surface area contributed by atoms with E-state index in [1.165, 1.54) is 17.4 Å². The Balaban J connectivity index is 1.67. The molecule has 0 unspecified atom stereocenters. The Morgan fingerprint density at radius 2 is 1.91 bits per heavy atom. The molecule has 2 heterocycles. The molecule has 0 atom stereocenters. The number of aryl methyl sites for hydroxylation is 1. The summed E-state index contributed by atoms with van der Waals surface area (Å²) in [5, 5.41) is 0.593. The molecule has 1 aliphatic heterocycles. The normalized spacial score (nSPS) is 15.1. The highest BCUT2D eigenvalue weighted by Gasteiger charge is 2.27. The van der Waals surface area contributed by atoms with E-state index in [1.807, 2.05) is 25.1 Å². The molecule has 0 saturated carbocycles. The Labute approximate surface area is 198 Å². The van der Waals surface area contributed by atoms with E-state index in [4.69, 9.17) is 9.72 Å². The molecule has 1 amide bonds. The molecule has 4 rings (SSSR count). The maximum absolute atomic E-state index is 13.8. The van der Waals surface area contributed by atoms with Gasteiger partial charge in [0.05, 0.1) is 39.6 Å². The minimum atomic E-state index is -3.55. The van der Waals surface area contributed by atoms with Gasteiger partial charge in [0.1, 0.15) is 0 Å². The highest BCUT2D eigenvalue weighted by atomic mass is 32.2. The second-order valence-electron chi connectivity index (χ2n) is 8.08. The SMILES string of the molecule is CCS(=O)(=O)c1ccccc1C(=O)N(CCCN1CCOCC1)c1nc2c(C)cccc2s1. The number of fused-ring (bicyclic) bond motifs is 1. The van der Waals surface area contributed by atoms with E-state index in [0.29, 0.717) is 11.7 Å². The Morgan fingerprint density at radius 1 is 1.15 bits per heavy atom. The highest BCUT2D eigenvalue weighted by molar-refractivity contribution is 7.91. The fourth-order valence-corrected chi connectivity index (χ4v) is 6.12. The number of carbonyl (C=O) groups excluding carboxylic acids is 1. The molecule has 9 heteroatoms. The minimum Gasteiger partial charge on any atom is -0.379 e. The monoisotopic (exact) mass is 487 g/mol. The van der Waals surface area contributed by atoms with Crippen molar-refractivity contribution in [3.8, 4) is 0 Å². The number of ether oxygens (including phenoxy) is 1. The number of amides is 1. The van der Waals surface area contributed by atoms with Crippen LogP contribution in [0, 0.1) is 6.92 Å². The summed E-state index contributed by atoms with van der Waals surface area (Å²) in [6.45, 7) is 8.09. The molecule has 0 bridgehead atoms. The quantitative estimate of drug-likeness (QED) is 0.481. The molecular formula is C24H29N3O4S2. The van der Waals surface area contributed by atoms with E-state index in [0.717, 1.165) is 55.0 Å². The lowest BCUT2D eigenvalue weighted by Gasteiger charge is -2.28. The van der Waals surface area contributed by atoms with Gasteiger partial charge in [-0.25, -0.2) is 13.4 Å². The maximum atomic E-state index is 13.8. The predicted molar refractivity (Wildman–Crippen MR) is 132 cm³/mol. The first-order chi connectivity index (χ1) is 15.9. The number of anilines is 1. The molecule has 7 nitrogen and oxygen atoms in total. The molecule has 2 aromatic carbocycles. The Hall–Kier alpha value is -2.33. The largest absolute Gasteiger partial charge is 0.379 e. The zero-order chi connectivity index (χ0) is 23.4. The van der Waals surface area contributed by atoms with Crippen molar-refractivity contribution in [1.29, 1.82) is 0 Å². The number of sulfone groups is 1. The smallest absolute Gasteiger partial charge is 0.261 e. The predicted octanol–water partition coefficient (Wildman–Crippen LogP) is 3.77. The summed E-state index contributed by atoms with van der Waals surface area (Å²) in [4.78, 5) is 22.6. The van der Waals surface area contributed by atoms with Crippen LogP contribution in [0.5, 0.6) is 0 Å². The molecule has 0 N–H and O–H groups in total. The van der Waals surface area contributed by atoms with Crippen molar-refractivity contribution in [3.63, 3.8) is 0 Å². The molecule has 3 aromatic rings. The third-order valence-corrected chi connectivity index (χ3v) is 8.71. The van der Waals surface area contributed by atoms with E-state index in [9.17, 15) is 13.2 Å². The van der Waals surface area contributed by atoms with Gasteiger partial charge in [0.25, 0.3) is 5.91 Å². The van der Waals surface area contributed by atoms with Crippen LogP contribution in [0.15, 0.2) is 47.4 Å². The molecule has 1 aliphatic rings. The zero-order valence-corrected chi connectivity index (χ0v) is 20.6. The van der Waals surface area contributed by atoms with Gasteiger partial charge < -0.3 is 4.74 Å². The fraction of sp³-hybridized carbons (Fsp3) is 0.417. The zero-order valence-electron chi connectivity index (χ0n) is 19.0. The first kappa shape index (κ1) is 23.8. The summed E-state index contributed by atoms with van der Waals surface area (Å²) in [6.07, 6.45) is 0.753. The van der Waals surface area contributed by atoms with Gasteiger partial charge in [-0.05, 0) is 37.1 Å². The van der Waals surface area contributed by atoms with Crippen LogP contribution >= 0.6 is 11.3 Å². The molecule has 0 aliphatic carbocycles. The number of thiazole rings is 1. The molecule has 1 aromatic heterocycles. The van der Waals surface area contributed by atoms with Crippen molar-refractivity contribution in [2.75, 3.05) is 50.0 Å². The summed E-state index contributed by atoms with van der Waals surface area (Å²) in [5.41, 5.74) is 2.12. The summed E-state index contributed by atoms with van der Waals surface area (Å²) in [7, 11) is -3.55. The van der Waals surface area contributed by atoms with Gasteiger partial charge in [0.15, 0.2) is 15.0 Å². The van der Waals surface area contributed by atoms with Gasteiger partial charge in [0.2, 0.25) is 0 Å². The number of aromatic nitrogens is 1. The Morgan fingerprint density at radius 3 is 2.64 bits per heavy atom. The summed E-state index contributed by atoms with van der Waals surface area (Å²) >= 11 is 1.46. The molecule has 1 fully saturated rings. The van der Waals surface area contributed by atoms with Crippen LogP contribution in [0.4, 0.5) is 5.13 Å². The number of nitrogens with zero attached hydrogens (tertiary/aromatic N) is 3. The summed E-state index contributed by atoms with van der Waals surface area (Å²) < 4.78 is 31.8. The van der Waals surface area contributed by atoms with E-state index in [-0.39, 0.29) is 22.1 Å². The first-order valence-corrected chi connectivity index (χ1v) is 13.7. The van der Waals surface area contributed by atoms with Crippen LogP contribution in [0.25, 0.3) is 10.2 Å². The van der Waals surface area contributed by atoms with E-state index in [2.05, 4.69) is 4.90 Å². The average Bonchev–Trinajstić information content (AvgIpc) is 3.27. The number of morpholine rings is 1. The molecule has 1 saturated heterocycles. The number of benzene rings is 2. The van der Waals surface area contributed by atoms with Crippen molar-refractivity contribution < 1.29 is 17.9 Å².